The van der Waals surface area contributed by atoms with Crippen molar-refractivity contribution in [3.63, 3.8) is 0 Å². The first-order chi connectivity index (χ1) is 44.5. The number of carboxylic acids is 2. The van der Waals surface area contributed by atoms with Gasteiger partial charge in [0.25, 0.3) is 0 Å². The van der Waals surface area contributed by atoms with E-state index in [4.69, 9.17) is 9.47 Å². The second-order valence-corrected chi connectivity index (χ2v) is 30.2. The summed E-state index contributed by atoms with van der Waals surface area (Å²) < 4.78 is 12.0. The number of carbonyl (C=O) groups excluding carboxylic acids is 6. The first-order valence-electron chi connectivity index (χ1n) is 34.9. The van der Waals surface area contributed by atoms with Crippen LogP contribution in [0.5, 0.6) is 0 Å². The fraction of sp³-hybridized carbons (Fsp3) is 0.615. The van der Waals surface area contributed by atoms with Gasteiger partial charge in [0.2, 0.25) is 0 Å². The number of aliphatic carboxylic acids is 2. The van der Waals surface area contributed by atoms with Crippen LogP contribution in [0, 0.1) is 32.5 Å². The van der Waals surface area contributed by atoms with Crippen molar-refractivity contribution < 1.29 is 58.0 Å². The highest BCUT2D eigenvalue weighted by molar-refractivity contribution is 6.02. The van der Waals surface area contributed by atoms with Gasteiger partial charge in [-0.2, -0.15) is 0 Å². The third kappa shape index (κ3) is 23.4. The number of carboxylic acid groups (broad SMARTS) is 2. The lowest BCUT2D eigenvalue weighted by molar-refractivity contribution is -0.159. The molecule has 4 fully saturated rings. The van der Waals surface area contributed by atoms with E-state index in [0.717, 1.165) is 162 Å². The Bertz CT molecular complexity index is 2890. The van der Waals surface area contributed by atoms with E-state index in [2.05, 4.69) is 49.0 Å². The lowest BCUT2D eigenvalue weighted by Crippen LogP contribution is -2.48. The lowest BCUT2D eigenvalue weighted by atomic mass is 9.70. The molecule has 0 heterocycles. The van der Waals surface area contributed by atoms with Gasteiger partial charge in [0.1, 0.15) is 0 Å². The highest BCUT2D eigenvalue weighted by Gasteiger charge is 2.45. The molecule has 2 unspecified atom stereocenters. The van der Waals surface area contributed by atoms with Gasteiger partial charge in [-0.1, -0.05) is 212 Å². The van der Waals surface area contributed by atoms with Gasteiger partial charge in [0.15, 0.2) is 23.8 Å². The van der Waals surface area contributed by atoms with E-state index in [9.17, 15) is 48.6 Å². The lowest BCUT2D eigenvalue weighted by Gasteiger charge is -2.39. The molecule has 0 aromatic rings. The van der Waals surface area contributed by atoms with Crippen molar-refractivity contribution in [1.29, 1.82) is 0 Å². The van der Waals surface area contributed by atoms with Gasteiger partial charge in [-0.15, -0.1) is 0 Å². The van der Waals surface area contributed by atoms with Crippen molar-refractivity contribution in [2.45, 2.75) is 248 Å². The molecule has 16 heteroatoms. The van der Waals surface area contributed by atoms with E-state index in [1.807, 2.05) is 113 Å². The minimum atomic E-state index is -0.898. The number of allylic oxidation sites excluding steroid dienone is 20. The van der Waals surface area contributed by atoms with Gasteiger partial charge in [0.05, 0.1) is 25.7 Å². The van der Waals surface area contributed by atoms with Gasteiger partial charge >= 0.3 is 35.9 Å². The van der Waals surface area contributed by atoms with Crippen LogP contribution in [0.15, 0.2) is 130 Å². The monoisotopic (exact) mass is 1300 g/mol. The molecule has 4 saturated carbocycles. The summed E-state index contributed by atoms with van der Waals surface area (Å²) in [6.45, 7) is 21.2. The van der Waals surface area contributed by atoms with Crippen LogP contribution in [0.2, 0.25) is 0 Å². The maximum atomic E-state index is 13.8. The Hall–Kier alpha value is -7.10. The van der Waals surface area contributed by atoms with E-state index in [1.165, 1.54) is 0 Å². The maximum Gasteiger partial charge on any atom is 0.314 e. The summed E-state index contributed by atoms with van der Waals surface area (Å²) in [6.07, 6.45) is 45.2. The number of hydrogen-bond acceptors (Lipinski definition) is 10. The number of esters is 2. The van der Waals surface area contributed by atoms with Crippen LogP contribution in [0.3, 0.4) is 0 Å². The molecule has 0 saturated heterocycles. The molecule has 516 valence electrons. The average molecular weight is 1300 g/mol. The van der Waals surface area contributed by atoms with E-state index in [-0.39, 0.29) is 49.3 Å². The summed E-state index contributed by atoms with van der Waals surface area (Å²) in [5.74, 6) is -2.96. The van der Waals surface area contributed by atoms with E-state index < -0.39 is 68.6 Å². The fourth-order valence-electron chi connectivity index (χ4n) is 15.5. The zero-order valence-electron chi connectivity index (χ0n) is 58.4. The Kier molecular flexibility index (Phi) is 28.3. The van der Waals surface area contributed by atoms with Crippen LogP contribution in [0.25, 0.3) is 0 Å². The highest BCUT2D eigenvalue weighted by Crippen LogP contribution is 2.46. The number of hydrogen-bond donors (Lipinski definition) is 6. The number of ether oxygens (including phenoxy) is 2. The Morgan fingerprint density at radius 1 is 0.415 bits per heavy atom. The molecule has 0 spiro atoms. The maximum absolute atomic E-state index is 13.8. The number of urea groups is 2. The SMILES string of the molecule is CC(C=CC=C(C)C=CC1=C(C)C(=O)C(OC(=O)CC2(CNC(=O)NCC3(CC(=O)O)CCCCC3)CCCCC2)CC1(C)C)=CC=CC=C(C)C=CC=C(C)C=CC1=C(C)C(=O)C(OC(=O)CC2(CNC(=O)NCC3(CC(=O)O)CCCCC3)CCCCC2)CC1(C)C. The molecule has 94 heavy (non-hydrogen) atoms. The summed E-state index contributed by atoms with van der Waals surface area (Å²) in [4.78, 5) is 105. The quantitative estimate of drug-likeness (QED) is 0.0317. The van der Waals surface area contributed by atoms with Crippen LogP contribution >= 0.6 is 0 Å². The molecule has 6 aliphatic rings. The molecule has 6 rings (SSSR count). The van der Waals surface area contributed by atoms with Crippen molar-refractivity contribution in [3.8, 4) is 0 Å². The van der Waals surface area contributed by atoms with Crippen molar-refractivity contribution in [3.05, 3.63) is 130 Å². The largest absolute Gasteiger partial charge is 0.481 e. The van der Waals surface area contributed by atoms with Gasteiger partial charge in [-0.3, -0.25) is 28.8 Å². The molecule has 6 aliphatic carbocycles. The minimum absolute atomic E-state index is 0.0293. The molecule has 2 atom stereocenters. The number of Topliss-reactive ketones (excluding diaryl/α,β-unsaturated/α-hetero) is 2. The first kappa shape index (κ1) is 75.9. The zero-order chi connectivity index (χ0) is 68.7. The van der Waals surface area contributed by atoms with Crippen LogP contribution < -0.4 is 21.3 Å². The molecular formula is C78H112N4O12. The molecule has 0 aliphatic heterocycles. The Labute approximate surface area is 561 Å². The van der Waals surface area contributed by atoms with Crippen LogP contribution in [-0.4, -0.2) is 96.1 Å². The number of nitrogens with one attached hydrogen (secondary N) is 4. The molecule has 4 amide bonds. The molecule has 0 aromatic heterocycles. The van der Waals surface area contributed by atoms with Crippen LogP contribution in [-0.2, 0) is 38.2 Å². The summed E-state index contributed by atoms with van der Waals surface area (Å²) >= 11 is 0. The molecule has 0 aromatic carbocycles. The van der Waals surface area contributed by atoms with Crippen LogP contribution in [0.4, 0.5) is 9.59 Å². The standard InChI is InChI=1S/C78H112N4O12/c1-55(29-25-31-57(3)33-35-61-59(5)69(89)63(45-73(61,7)8)93-67(87)49-77(41-21-13-22-42-77)53-81-71(91)79-51-75(47-65(83)84)37-17-11-18-38-75)27-15-16-28-56(2)30-26-32-58(4)34-36-62-60(6)70(90)64(46-74(62,9)10)94-68(88)50-78(43-23-14-24-44-78)54-82-72(92)80-52-76(48-66(85)86)39-19-12-20-40-76/h15-16,25-36,63-64H,11-14,17-24,37-54H2,1-10H3,(H,83,84)(H,85,86)(H2,79,81,91)(H2,80,82,92). The van der Waals surface area contributed by atoms with Gasteiger partial charge in [-0.25, -0.2) is 9.59 Å². The Morgan fingerprint density at radius 2 is 0.681 bits per heavy atom. The molecule has 16 nitrogen and oxygen atoms in total. The topological polar surface area (TPSA) is 244 Å². The third-order valence-electron chi connectivity index (χ3n) is 21.1. The molecular weight excluding hydrogens is 1180 g/mol. The predicted octanol–water partition coefficient (Wildman–Crippen LogP) is 16.1. The van der Waals surface area contributed by atoms with E-state index in [1.54, 1.807) is 13.8 Å². The summed E-state index contributed by atoms with van der Waals surface area (Å²) in [5, 5.41) is 31.1. The van der Waals surface area contributed by atoms with Crippen molar-refractivity contribution in [2.24, 2.45) is 32.5 Å². The Morgan fingerprint density at radius 3 is 0.968 bits per heavy atom. The zero-order valence-corrected chi connectivity index (χ0v) is 58.4. The fourth-order valence-corrected chi connectivity index (χ4v) is 15.5. The number of carbonyl (C=O) groups is 8. The van der Waals surface area contributed by atoms with Crippen LogP contribution in [0.1, 0.15) is 236 Å². The van der Waals surface area contributed by atoms with Crippen molar-refractivity contribution >= 4 is 47.5 Å². The predicted molar refractivity (Wildman–Crippen MR) is 371 cm³/mol. The van der Waals surface area contributed by atoms with E-state index in [0.29, 0.717) is 50.2 Å². The van der Waals surface area contributed by atoms with Gasteiger partial charge in [0, 0.05) is 39.0 Å². The third-order valence-corrected chi connectivity index (χ3v) is 21.1. The second kappa shape index (κ2) is 35.1. The first-order valence-corrected chi connectivity index (χ1v) is 34.9. The van der Waals surface area contributed by atoms with Gasteiger partial charge in [-0.05, 0) is 148 Å². The highest BCUT2D eigenvalue weighted by atomic mass is 16.6. The van der Waals surface area contributed by atoms with Crippen molar-refractivity contribution in [2.75, 3.05) is 26.2 Å². The minimum Gasteiger partial charge on any atom is -0.481 e. The summed E-state index contributed by atoms with van der Waals surface area (Å²) in [6, 6.07) is -0.715. The normalized spacial score (nSPS) is 23.5. The Balaban J connectivity index is 0.944. The number of amides is 4. The van der Waals surface area contributed by atoms with Gasteiger partial charge < -0.3 is 41.0 Å². The smallest absolute Gasteiger partial charge is 0.314 e. The number of rotatable bonds is 28. The van der Waals surface area contributed by atoms with Crippen molar-refractivity contribution in [1.82, 2.24) is 21.3 Å². The van der Waals surface area contributed by atoms with E-state index >= 15 is 0 Å². The molecule has 0 bridgehead atoms. The molecule has 6 N–H and O–H groups in total. The second-order valence-electron chi connectivity index (χ2n) is 30.2. The molecule has 0 radical (unpaired) electrons. The summed E-state index contributed by atoms with van der Waals surface area (Å²) in [7, 11) is 0. The number of ketones is 2. The summed E-state index contributed by atoms with van der Waals surface area (Å²) in [5.41, 5.74) is 4.33. The average Bonchev–Trinajstić information content (AvgIpc) is 0.789.